The molecule has 0 fully saturated rings. The Morgan fingerprint density at radius 1 is 1.50 bits per heavy atom. The predicted molar refractivity (Wildman–Crippen MR) is 61.4 cm³/mol. The van der Waals surface area contributed by atoms with E-state index in [1.165, 1.54) is 6.26 Å². The van der Waals surface area contributed by atoms with Crippen LogP contribution in [-0.4, -0.2) is 39.4 Å². The maximum absolute atomic E-state index is 11.5. The molecule has 0 radical (unpaired) electrons. The average molecular weight is 292 g/mol. The summed E-state index contributed by atoms with van der Waals surface area (Å²) in [5, 5.41) is 2.71. The molecule has 90 valence electrons. The predicted octanol–water partition coefficient (Wildman–Crippen LogP) is 1.43. The summed E-state index contributed by atoms with van der Waals surface area (Å²) in [7, 11) is 1.61. The van der Waals surface area contributed by atoms with Gasteiger partial charge < -0.3 is 19.2 Å². The lowest BCUT2D eigenvalue weighted by atomic mass is 10.3. The summed E-state index contributed by atoms with van der Waals surface area (Å²) in [6, 6.07) is 1.60. The number of carbonyl (C=O) groups is 1. The monoisotopic (exact) mass is 291 g/mol. The normalized spacial score (nSPS) is 10.4. The number of rotatable bonds is 7. The average Bonchev–Trinajstić information content (AvgIpc) is 2.69. The number of nitrogens with one attached hydrogen (secondary N) is 1. The van der Waals surface area contributed by atoms with Gasteiger partial charge in [-0.3, -0.25) is 4.79 Å². The van der Waals surface area contributed by atoms with Gasteiger partial charge in [-0.1, -0.05) is 0 Å². The van der Waals surface area contributed by atoms with Crippen molar-refractivity contribution in [1.29, 1.82) is 0 Å². The molecule has 0 unspecified atom stereocenters. The molecule has 0 aromatic carbocycles. The van der Waals surface area contributed by atoms with Gasteiger partial charge in [0.1, 0.15) is 0 Å². The fourth-order valence-corrected chi connectivity index (χ4v) is 1.45. The summed E-state index contributed by atoms with van der Waals surface area (Å²) >= 11 is 3.13. The van der Waals surface area contributed by atoms with Crippen LogP contribution in [-0.2, 0) is 9.47 Å². The number of hydrogen-bond donors (Lipinski definition) is 1. The molecule has 1 rings (SSSR count). The minimum atomic E-state index is -0.184. The lowest BCUT2D eigenvalue weighted by Crippen LogP contribution is -2.27. The zero-order chi connectivity index (χ0) is 11.8. The molecule has 1 aromatic heterocycles. The topological polar surface area (TPSA) is 60.7 Å². The molecule has 0 bridgehead atoms. The van der Waals surface area contributed by atoms with Crippen molar-refractivity contribution in [3.05, 3.63) is 22.6 Å². The van der Waals surface area contributed by atoms with Gasteiger partial charge in [0.25, 0.3) is 5.91 Å². The van der Waals surface area contributed by atoms with Crippen molar-refractivity contribution in [3.63, 3.8) is 0 Å². The van der Waals surface area contributed by atoms with Crippen LogP contribution in [0.4, 0.5) is 0 Å². The Labute approximate surface area is 102 Å². The van der Waals surface area contributed by atoms with Crippen LogP contribution in [0.25, 0.3) is 0 Å². The van der Waals surface area contributed by atoms with E-state index in [4.69, 9.17) is 13.9 Å². The summed E-state index contributed by atoms with van der Waals surface area (Å²) in [6.45, 7) is 2.01. The molecule has 0 atom stereocenters. The van der Waals surface area contributed by atoms with E-state index in [1.807, 2.05) is 0 Å². The number of halogens is 1. The van der Waals surface area contributed by atoms with Crippen LogP contribution in [0.3, 0.4) is 0 Å². The Balaban J connectivity index is 2.14. The maximum atomic E-state index is 11.5. The molecular weight excluding hydrogens is 278 g/mol. The number of ether oxygens (including phenoxy) is 2. The molecule has 0 aliphatic heterocycles. The summed E-state index contributed by atoms with van der Waals surface area (Å²) < 4.78 is 15.4. The molecule has 0 saturated heterocycles. The van der Waals surface area contributed by atoms with Crippen LogP contribution < -0.4 is 5.32 Å². The number of carbonyl (C=O) groups excluding carboxylic acids is 1. The zero-order valence-corrected chi connectivity index (χ0v) is 10.6. The number of amides is 1. The molecule has 0 spiro atoms. The van der Waals surface area contributed by atoms with E-state index in [2.05, 4.69) is 21.2 Å². The third-order valence-corrected chi connectivity index (χ3v) is 2.44. The number of furan rings is 1. The summed E-state index contributed by atoms with van der Waals surface area (Å²) in [4.78, 5) is 11.5. The minimum absolute atomic E-state index is 0.184. The Morgan fingerprint density at radius 3 is 2.94 bits per heavy atom. The van der Waals surface area contributed by atoms with Crippen LogP contribution in [0.1, 0.15) is 10.4 Å². The first-order valence-electron chi connectivity index (χ1n) is 4.83. The van der Waals surface area contributed by atoms with E-state index in [0.29, 0.717) is 36.6 Å². The SMILES string of the molecule is COCCOCCNC(=O)c1ccoc1Br. The highest BCUT2D eigenvalue weighted by molar-refractivity contribution is 9.10. The lowest BCUT2D eigenvalue weighted by molar-refractivity contribution is 0.0692. The van der Waals surface area contributed by atoms with Crippen molar-refractivity contribution in [2.75, 3.05) is 33.5 Å². The van der Waals surface area contributed by atoms with Crippen molar-refractivity contribution >= 4 is 21.8 Å². The third-order valence-electron chi connectivity index (χ3n) is 1.83. The number of methoxy groups -OCH3 is 1. The highest BCUT2D eigenvalue weighted by atomic mass is 79.9. The van der Waals surface area contributed by atoms with Gasteiger partial charge in [-0.15, -0.1) is 0 Å². The quantitative estimate of drug-likeness (QED) is 0.772. The van der Waals surface area contributed by atoms with E-state index in [-0.39, 0.29) is 5.91 Å². The van der Waals surface area contributed by atoms with E-state index in [1.54, 1.807) is 13.2 Å². The van der Waals surface area contributed by atoms with Gasteiger partial charge in [-0.05, 0) is 22.0 Å². The fraction of sp³-hybridized carbons (Fsp3) is 0.500. The molecule has 1 aromatic rings. The molecule has 6 heteroatoms. The Morgan fingerprint density at radius 2 is 2.31 bits per heavy atom. The maximum Gasteiger partial charge on any atom is 0.255 e. The first kappa shape index (κ1) is 13.2. The van der Waals surface area contributed by atoms with Crippen LogP contribution >= 0.6 is 15.9 Å². The van der Waals surface area contributed by atoms with Crippen molar-refractivity contribution in [2.24, 2.45) is 0 Å². The van der Waals surface area contributed by atoms with Crippen molar-refractivity contribution < 1.29 is 18.7 Å². The van der Waals surface area contributed by atoms with Crippen molar-refractivity contribution in [1.82, 2.24) is 5.32 Å². The van der Waals surface area contributed by atoms with Gasteiger partial charge in [0.2, 0.25) is 0 Å². The van der Waals surface area contributed by atoms with Crippen LogP contribution in [0.5, 0.6) is 0 Å². The standard InChI is InChI=1S/C10H14BrNO4/c1-14-6-7-15-5-3-12-10(13)8-2-4-16-9(8)11/h2,4H,3,5-7H2,1H3,(H,12,13). The Hall–Kier alpha value is -0.850. The van der Waals surface area contributed by atoms with Crippen molar-refractivity contribution in [3.8, 4) is 0 Å². The third kappa shape index (κ3) is 4.34. The minimum Gasteiger partial charge on any atom is -0.457 e. The van der Waals surface area contributed by atoms with Gasteiger partial charge in [0.05, 0.1) is 31.6 Å². The van der Waals surface area contributed by atoms with Gasteiger partial charge in [-0.25, -0.2) is 0 Å². The molecular formula is C10H14BrNO4. The second-order valence-corrected chi connectivity index (χ2v) is 3.69. The van der Waals surface area contributed by atoms with E-state index in [9.17, 15) is 4.79 Å². The second-order valence-electron chi connectivity index (χ2n) is 2.97. The summed E-state index contributed by atoms with van der Waals surface area (Å²) in [5.74, 6) is -0.184. The molecule has 0 aliphatic rings. The molecule has 0 aliphatic carbocycles. The first-order chi connectivity index (χ1) is 7.75. The van der Waals surface area contributed by atoms with E-state index in [0.717, 1.165) is 0 Å². The van der Waals surface area contributed by atoms with Gasteiger partial charge in [0, 0.05) is 13.7 Å². The Kier molecular flexibility index (Phi) is 6.14. The molecule has 1 N–H and O–H groups in total. The highest BCUT2D eigenvalue weighted by Gasteiger charge is 2.11. The van der Waals surface area contributed by atoms with Crippen LogP contribution in [0, 0.1) is 0 Å². The first-order valence-corrected chi connectivity index (χ1v) is 5.63. The Bertz CT molecular complexity index is 326. The zero-order valence-electron chi connectivity index (χ0n) is 8.99. The lowest BCUT2D eigenvalue weighted by Gasteiger charge is -2.05. The number of hydrogen-bond acceptors (Lipinski definition) is 4. The summed E-state index contributed by atoms with van der Waals surface area (Å²) in [5.41, 5.74) is 0.483. The molecule has 5 nitrogen and oxygen atoms in total. The fourth-order valence-electron chi connectivity index (χ4n) is 1.03. The summed E-state index contributed by atoms with van der Waals surface area (Å²) in [6.07, 6.45) is 1.45. The van der Waals surface area contributed by atoms with Gasteiger partial charge in [-0.2, -0.15) is 0 Å². The largest absolute Gasteiger partial charge is 0.457 e. The van der Waals surface area contributed by atoms with Crippen LogP contribution in [0.2, 0.25) is 0 Å². The molecule has 16 heavy (non-hydrogen) atoms. The van der Waals surface area contributed by atoms with Gasteiger partial charge >= 0.3 is 0 Å². The van der Waals surface area contributed by atoms with Crippen LogP contribution in [0.15, 0.2) is 21.4 Å². The molecule has 0 saturated carbocycles. The highest BCUT2D eigenvalue weighted by Crippen LogP contribution is 2.16. The van der Waals surface area contributed by atoms with Crippen molar-refractivity contribution in [2.45, 2.75) is 0 Å². The molecule has 1 heterocycles. The van der Waals surface area contributed by atoms with E-state index < -0.39 is 0 Å². The second kappa shape index (κ2) is 7.43. The van der Waals surface area contributed by atoms with Gasteiger partial charge in [0.15, 0.2) is 4.67 Å². The smallest absolute Gasteiger partial charge is 0.255 e. The van der Waals surface area contributed by atoms with E-state index >= 15 is 0 Å². The molecule has 1 amide bonds.